The van der Waals surface area contributed by atoms with Gasteiger partial charge in [0.25, 0.3) is 5.52 Å². The van der Waals surface area contributed by atoms with Crippen LogP contribution in [0.1, 0.15) is 41.5 Å². The number of benzene rings is 1. The van der Waals surface area contributed by atoms with E-state index in [0.717, 1.165) is 0 Å². The SMILES string of the molecule is CC(C)(C)OC(=O)NCCN(CCNc1n[n+]([O-])c2ccccc2[n+]1[O-])C(=O)OC(C)(C)C. The number of alkyl carbamates (subject to hydrolysis) is 1. The Labute approximate surface area is 192 Å². The summed E-state index contributed by atoms with van der Waals surface area (Å²) in [5.74, 6) is -0.195. The van der Waals surface area contributed by atoms with Crippen LogP contribution in [0.15, 0.2) is 24.3 Å². The van der Waals surface area contributed by atoms with Crippen LogP contribution in [0.4, 0.5) is 15.5 Å². The first-order valence-electron chi connectivity index (χ1n) is 10.6. The molecular weight excluding hydrogens is 432 g/mol. The molecule has 2 rings (SSSR count). The maximum absolute atomic E-state index is 12.6. The predicted octanol–water partition coefficient (Wildman–Crippen LogP) is 1.68. The summed E-state index contributed by atoms with van der Waals surface area (Å²) in [6, 6.07) is 6.28. The second-order valence-electron chi connectivity index (χ2n) is 9.30. The molecule has 0 fully saturated rings. The summed E-state index contributed by atoms with van der Waals surface area (Å²) >= 11 is 0. The highest BCUT2D eigenvalue weighted by Gasteiger charge is 2.24. The Morgan fingerprint density at radius 3 is 2.15 bits per heavy atom. The molecule has 0 bridgehead atoms. The third kappa shape index (κ3) is 8.13. The Bertz CT molecular complexity index is 986. The zero-order valence-electron chi connectivity index (χ0n) is 19.9. The van der Waals surface area contributed by atoms with E-state index in [-0.39, 0.29) is 43.2 Å². The minimum atomic E-state index is -0.715. The number of carbonyl (C=O) groups excluding carboxylic acids is 2. The standard InChI is InChI=1S/C21H32N6O6/c1-20(2,3)32-18(28)23-12-14-25(19(29)33-21(4,5)6)13-11-22-17-24-27(31)16-10-8-7-9-15(16)26(17)30/h7-10H,11-14H2,1-6H3,(H,22,24)(H,23,28). The van der Waals surface area contributed by atoms with E-state index in [4.69, 9.17) is 9.47 Å². The van der Waals surface area contributed by atoms with Gasteiger partial charge in [-0.1, -0.05) is 12.1 Å². The van der Waals surface area contributed by atoms with Gasteiger partial charge >= 0.3 is 18.1 Å². The number of anilines is 1. The Morgan fingerprint density at radius 1 is 0.970 bits per heavy atom. The van der Waals surface area contributed by atoms with Crippen molar-refractivity contribution in [3.05, 3.63) is 34.7 Å². The van der Waals surface area contributed by atoms with E-state index in [9.17, 15) is 20.0 Å². The normalized spacial score (nSPS) is 11.7. The maximum atomic E-state index is 12.6. The van der Waals surface area contributed by atoms with E-state index in [2.05, 4.69) is 15.7 Å². The second-order valence-corrected chi connectivity index (χ2v) is 9.30. The molecule has 0 aliphatic carbocycles. The van der Waals surface area contributed by atoms with Crippen LogP contribution in [-0.2, 0) is 9.47 Å². The minimum Gasteiger partial charge on any atom is -0.739 e. The molecule has 1 heterocycles. The third-order valence-corrected chi connectivity index (χ3v) is 4.05. The lowest BCUT2D eigenvalue weighted by molar-refractivity contribution is -0.672. The minimum absolute atomic E-state index is 0.110. The fraction of sp³-hybridized carbons (Fsp3) is 0.571. The van der Waals surface area contributed by atoms with E-state index in [1.807, 2.05) is 0 Å². The Morgan fingerprint density at radius 2 is 1.55 bits per heavy atom. The van der Waals surface area contributed by atoms with Crippen molar-refractivity contribution in [2.24, 2.45) is 0 Å². The topological polar surface area (TPSA) is 147 Å². The van der Waals surface area contributed by atoms with Gasteiger partial charge in [-0.05, 0) is 47.6 Å². The number of nitrogens with one attached hydrogen (secondary N) is 2. The summed E-state index contributed by atoms with van der Waals surface area (Å²) < 4.78 is 11.1. The molecule has 0 saturated carbocycles. The number of para-hydroxylation sites is 2. The number of rotatable bonds is 7. The van der Waals surface area contributed by atoms with Gasteiger partial charge in [0.05, 0.1) is 13.1 Å². The van der Waals surface area contributed by atoms with E-state index >= 15 is 0 Å². The Hall–Kier alpha value is -3.57. The summed E-state index contributed by atoms with van der Waals surface area (Å²) in [6.45, 7) is 11.0. The monoisotopic (exact) mass is 464 g/mol. The van der Waals surface area contributed by atoms with E-state index in [0.29, 0.717) is 9.58 Å². The highest BCUT2D eigenvalue weighted by atomic mass is 16.6. The molecule has 0 atom stereocenters. The summed E-state index contributed by atoms with van der Waals surface area (Å²) in [4.78, 5) is 26.2. The average molecular weight is 465 g/mol. The molecule has 12 heteroatoms. The molecule has 0 unspecified atom stereocenters. The number of amides is 2. The van der Waals surface area contributed by atoms with Gasteiger partial charge in [-0.3, -0.25) is 5.32 Å². The lowest BCUT2D eigenvalue weighted by Crippen LogP contribution is -2.46. The molecule has 182 valence electrons. The number of hydrogen-bond donors (Lipinski definition) is 2. The molecule has 2 N–H and O–H groups in total. The quantitative estimate of drug-likeness (QED) is 0.465. The largest absolute Gasteiger partial charge is 0.739 e. The zero-order chi connectivity index (χ0) is 24.8. The van der Waals surface area contributed by atoms with Crippen LogP contribution in [0.2, 0.25) is 0 Å². The molecule has 0 aliphatic heterocycles. The molecule has 33 heavy (non-hydrogen) atoms. The van der Waals surface area contributed by atoms with Crippen LogP contribution in [0.5, 0.6) is 0 Å². The molecule has 0 aliphatic rings. The molecule has 0 radical (unpaired) electrons. The number of nitrogens with zero attached hydrogens (tertiary/aromatic N) is 4. The molecule has 0 spiro atoms. The lowest BCUT2D eigenvalue weighted by Gasteiger charge is -2.27. The number of hydrogen-bond acceptors (Lipinski definition) is 8. The van der Waals surface area contributed by atoms with Gasteiger partial charge in [-0.2, -0.15) is 0 Å². The predicted molar refractivity (Wildman–Crippen MR) is 120 cm³/mol. The number of ether oxygens (including phenoxy) is 2. The van der Waals surface area contributed by atoms with Crippen LogP contribution in [0.3, 0.4) is 0 Å². The summed E-state index contributed by atoms with van der Waals surface area (Å²) in [5, 5.41) is 33.7. The molecular formula is C21H32N6O6. The Kier molecular flexibility index (Phi) is 8.07. The van der Waals surface area contributed by atoms with Gasteiger partial charge < -0.3 is 30.1 Å². The molecule has 12 nitrogen and oxygen atoms in total. The number of aromatic nitrogens is 3. The van der Waals surface area contributed by atoms with Crippen molar-refractivity contribution in [3.8, 4) is 0 Å². The van der Waals surface area contributed by atoms with Gasteiger partial charge in [0.1, 0.15) is 11.2 Å². The smallest absolute Gasteiger partial charge is 0.461 e. The molecule has 0 saturated heterocycles. The van der Waals surface area contributed by atoms with Crippen molar-refractivity contribution in [1.82, 2.24) is 15.3 Å². The van der Waals surface area contributed by atoms with Crippen molar-refractivity contribution in [2.45, 2.75) is 52.7 Å². The second kappa shape index (κ2) is 10.4. The van der Waals surface area contributed by atoms with Gasteiger partial charge in [0, 0.05) is 24.0 Å². The van der Waals surface area contributed by atoms with Crippen molar-refractivity contribution in [1.29, 1.82) is 0 Å². The fourth-order valence-electron chi connectivity index (χ4n) is 2.73. The highest BCUT2D eigenvalue weighted by molar-refractivity contribution is 5.69. The molecule has 1 aromatic heterocycles. The first kappa shape index (κ1) is 25.7. The van der Waals surface area contributed by atoms with E-state index in [1.165, 1.54) is 17.0 Å². The zero-order valence-corrected chi connectivity index (χ0v) is 19.9. The van der Waals surface area contributed by atoms with Crippen LogP contribution in [0, 0.1) is 10.4 Å². The summed E-state index contributed by atoms with van der Waals surface area (Å²) in [7, 11) is 0. The Balaban J connectivity index is 2.02. The first-order chi connectivity index (χ1) is 15.3. The van der Waals surface area contributed by atoms with Crippen molar-refractivity contribution in [3.63, 3.8) is 0 Å². The van der Waals surface area contributed by atoms with Crippen molar-refractivity contribution < 1.29 is 28.6 Å². The van der Waals surface area contributed by atoms with Crippen LogP contribution in [0.25, 0.3) is 11.0 Å². The number of carbonyl (C=O) groups is 2. The number of fused-ring (bicyclic) bond motifs is 1. The first-order valence-corrected chi connectivity index (χ1v) is 10.6. The molecule has 1 aromatic carbocycles. The molecule has 2 amide bonds. The lowest BCUT2D eigenvalue weighted by atomic mass is 10.2. The van der Waals surface area contributed by atoms with E-state index in [1.54, 1.807) is 53.7 Å². The van der Waals surface area contributed by atoms with Gasteiger partial charge in [-0.15, -0.1) is 0 Å². The summed E-state index contributed by atoms with van der Waals surface area (Å²) in [6.07, 6.45) is -1.19. The van der Waals surface area contributed by atoms with E-state index < -0.39 is 23.4 Å². The van der Waals surface area contributed by atoms with Gasteiger partial charge in [-0.25, -0.2) is 14.3 Å². The fourth-order valence-corrected chi connectivity index (χ4v) is 2.73. The van der Waals surface area contributed by atoms with Crippen LogP contribution in [-0.4, -0.2) is 59.6 Å². The van der Waals surface area contributed by atoms with Gasteiger partial charge in [0.2, 0.25) is 5.10 Å². The highest BCUT2D eigenvalue weighted by Crippen LogP contribution is 2.10. The van der Waals surface area contributed by atoms with Gasteiger partial charge in [0.15, 0.2) is 5.52 Å². The average Bonchev–Trinajstić information content (AvgIpc) is 2.67. The third-order valence-electron chi connectivity index (χ3n) is 4.05. The summed E-state index contributed by atoms with van der Waals surface area (Å²) in [5.41, 5.74) is -1.05. The van der Waals surface area contributed by atoms with Crippen LogP contribution < -0.4 is 20.2 Å². The van der Waals surface area contributed by atoms with Crippen molar-refractivity contribution >= 4 is 29.2 Å². The molecule has 2 aromatic rings. The van der Waals surface area contributed by atoms with Crippen molar-refractivity contribution in [2.75, 3.05) is 31.5 Å². The van der Waals surface area contributed by atoms with Crippen LogP contribution >= 0.6 is 0 Å². The maximum Gasteiger partial charge on any atom is 0.461 e.